The number of hydrogen-bond donors (Lipinski definition) is 0. The van der Waals surface area contributed by atoms with Crippen molar-refractivity contribution < 1.29 is 0 Å². The van der Waals surface area contributed by atoms with E-state index in [0.717, 1.165) is 5.88 Å². The van der Waals surface area contributed by atoms with Gasteiger partial charge in [0.2, 0.25) is 0 Å². The van der Waals surface area contributed by atoms with E-state index in [4.69, 9.17) is 0 Å². The summed E-state index contributed by atoms with van der Waals surface area (Å²) in [5, 5.41) is 0. The summed E-state index contributed by atoms with van der Waals surface area (Å²) in [7, 11) is 0. The van der Waals surface area contributed by atoms with Crippen LogP contribution in [-0.4, -0.2) is 23.2 Å². The normalized spacial score (nSPS) is 28.6. The second-order valence-corrected chi connectivity index (χ2v) is 4.50. The Hall–Kier alpha value is -0.180. The average Bonchev–Trinajstić information content (AvgIpc) is 2.20. The fourth-order valence-corrected chi connectivity index (χ4v) is 2.35. The molecule has 2 nitrogen and oxygen atoms in total. The zero-order valence-electron chi connectivity index (χ0n) is 6.42. The summed E-state index contributed by atoms with van der Waals surface area (Å²) >= 11 is 1.68. The molecule has 0 amide bonds. The van der Waals surface area contributed by atoms with Gasteiger partial charge < -0.3 is 4.90 Å². The van der Waals surface area contributed by atoms with Crippen molar-refractivity contribution in [3.8, 4) is 0 Å². The molecule has 2 aliphatic heterocycles. The number of amidine groups is 1. The molecule has 0 aromatic rings. The van der Waals surface area contributed by atoms with E-state index in [2.05, 4.69) is 23.1 Å². The van der Waals surface area contributed by atoms with Gasteiger partial charge in [-0.05, 0) is 17.4 Å². The molecule has 10 heavy (non-hydrogen) atoms. The van der Waals surface area contributed by atoms with Crippen LogP contribution in [0.5, 0.6) is 0 Å². The maximum absolute atomic E-state index is 4.35. The fourth-order valence-electron chi connectivity index (χ4n) is 1.59. The lowest BCUT2D eigenvalue weighted by molar-refractivity contribution is 0.346. The molecule has 0 radical (unpaired) electrons. The Morgan fingerprint density at radius 2 is 2.40 bits per heavy atom. The maximum Gasteiger partial charge on any atom is 0.114 e. The smallest absolute Gasteiger partial charge is 0.114 e. The highest BCUT2D eigenvalue weighted by Crippen LogP contribution is 2.35. The minimum absolute atomic E-state index is 0.472. The summed E-state index contributed by atoms with van der Waals surface area (Å²) in [5.41, 5.74) is 0.472. The summed E-state index contributed by atoms with van der Waals surface area (Å²) in [6.45, 7) is 5.80. The summed E-state index contributed by atoms with van der Waals surface area (Å²) < 4.78 is 4.35. The lowest BCUT2D eigenvalue weighted by atomic mass is 9.93. The molecular formula is C7H12N2S. The third-order valence-corrected chi connectivity index (χ3v) is 2.77. The van der Waals surface area contributed by atoms with Crippen LogP contribution >= 0.6 is 11.9 Å². The van der Waals surface area contributed by atoms with Gasteiger partial charge in [0.05, 0.1) is 5.88 Å². The third kappa shape index (κ3) is 0.926. The van der Waals surface area contributed by atoms with Crippen LogP contribution in [-0.2, 0) is 0 Å². The van der Waals surface area contributed by atoms with Crippen LogP contribution in [0.3, 0.4) is 0 Å². The van der Waals surface area contributed by atoms with Crippen LogP contribution in [0, 0.1) is 5.41 Å². The highest BCUT2D eigenvalue weighted by atomic mass is 32.2. The minimum atomic E-state index is 0.472. The topological polar surface area (TPSA) is 15.6 Å². The predicted octanol–water partition coefficient (Wildman–Crippen LogP) is 1.74. The lowest BCUT2D eigenvalue weighted by Crippen LogP contribution is -2.22. The second kappa shape index (κ2) is 1.91. The monoisotopic (exact) mass is 156 g/mol. The largest absolute Gasteiger partial charge is 0.348 e. The molecule has 0 aliphatic carbocycles. The number of nitrogens with zero attached hydrogens (tertiary/aromatic N) is 2. The summed E-state index contributed by atoms with van der Waals surface area (Å²) in [6.07, 6.45) is 1.17. The van der Waals surface area contributed by atoms with E-state index in [0.29, 0.717) is 5.41 Å². The number of hydrogen-bond acceptors (Lipinski definition) is 3. The van der Waals surface area contributed by atoms with E-state index in [1.54, 1.807) is 11.9 Å². The molecule has 0 bridgehead atoms. The first-order valence-corrected chi connectivity index (χ1v) is 4.55. The third-order valence-electron chi connectivity index (χ3n) is 2.00. The van der Waals surface area contributed by atoms with E-state index >= 15 is 0 Å². The molecule has 2 aliphatic rings. The molecule has 0 aromatic carbocycles. The Balaban J connectivity index is 2.19. The van der Waals surface area contributed by atoms with Crippen molar-refractivity contribution in [1.29, 1.82) is 0 Å². The Bertz CT molecular complexity index is 186. The van der Waals surface area contributed by atoms with Crippen molar-refractivity contribution in [2.24, 2.45) is 9.81 Å². The molecule has 3 heteroatoms. The highest BCUT2D eigenvalue weighted by molar-refractivity contribution is 7.98. The summed E-state index contributed by atoms with van der Waals surface area (Å²) in [5.74, 6) is 2.40. The fraction of sp³-hybridized carbons (Fsp3) is 0.857. The Morgan fingerprint density at radius 1 is 1.60 bits per heavy atom. The van der Waals surface area contributed by atoms with Gasteiger partial charge in [0.1, 0.15) is 5.84 Å². The van der Waals surface area contributed by atoms with E-state index in [1.165, 1.54) is 18.8 Å². The van der Waals surface area contributed by atoms with Crippen LogP contribution in [0.25, 0.3) is 0 Å². The molecule has 2 rings (SSSR count). The van der Waals surface area contributed by atoms with Crippen molar-refractivity contribution >= 4 is 17.8 Å². The van der Waals surface area contributed by atoms with E-state index in [1.807, 2.05) is 0 Å². The van der Waals surface area contributed by atoms with Gasteiger partial charge in [0.15, 0.2) is 0 Å². The van der Waals surface area contributed by atoms with Crippen LogP contribution in [0.4, 0.5) is 0 Å². The first-order chi connectivity index (χ1) is 4.67. The molecule has 0 unspecified atom stereocenters. The van der Waals surface area contributed by atoms with Crippen LogP contribution < -0.4 is 0 Å². The Morgan fingerprint density at radius 3 is 3.10 bits per heavy atom. The zero-order valence-corrected chi connectivity index (χ0v) is 7.24. The van der Waals surface area contributed by atoms with Crippen LogP contribution in [0.1, 0.15) is 20.3 Å². The molecular weight excluding hydrogens is 144 g/mol. The van der Waals surface area contributed by atoms with Gasteiger partial charge >= 0.3 is 0 Å². The summed E-state index contributed by atoms with van der Waals surface area (Å²) in [6, 6.07) is 0. The first kappa shape index (κ1) is 6.53. The molecule has 0 atom stereocenters. The molecule has 2 heterocycles. The van der Waals surface area contributed by atoms with Crippen molar-refractivity contribution in [1.82, 2.24) is 4.90 Å². The Labute approximate surface area is 65.8 Å². The molecule has 1 saturated heterocycles. The van der Waals surface area contributed by atoms with Gasteiger partial charge in [-0.2, -0.15) is 0 Å². The van der Waals surface area contributed by atoms with Crippen molar-refractivity contribution in [3.63, 3.8) is 0 Å². The molecule has 0 spiro atoms. The van der Waals surface area contributed by atoms with Crippen molar-refractivity contribution in [2.75, 3.05) is 12.4 Å². The molecule has 56 valence electrons. The quantitative estimate of drug-likeness (QED) is 0.496. The van der Waals surface area contributed by atoms with E-state index in [-0.39, 0.29) is 0 Å². The van der Waals surface area contributed by atoms with E-state index in [9.17, 15) is 0 Å². The molecule has 0 N–H and O–H groups in total. The van der Waals surface area contributed by atoms with Gasteiger partial charge in [-0.3, -0.25) is 0 Å². The number of fused-ring (bicyclic) bond motifs is 1. The van der Waals surface area contributed by atoms with Gasteiger partial charge in [0.25, 0.3) is 0 Å². The van der Waals surface area contributed by atoms with Crippen molar-refractivity contribution in [3.05, 3.63) is 0 Å². The second-order valence-electron chi connectivity index (χ2n) is 3.80. The number of rotatable bonds is 0. The SMILES string of the molecule is CC1(C)CC2=NSCN2C1. The molecule has 0 aromatic heterocycles. The lowest BCUT2D eigenvalue weighted by Gasteiger charge is -2.16. The highest BCUT2D eigenvalue weighted by Gasteiger charge is 2.36. The zero-order chi connectivity index (χ0) is 7.19. The van der Waals surface area contributed by atoms with Gasteiger partial charge in [0, 0.05) is 13.0 Å². The van der Waals surface area contributed by atoms with Crippen molar-refractivity contribution in [2.45, 2.75) is 20.3 Å². The Kier molecular flexibility index (Phi) is 1.24. The predicted molar refractivity (Wildman–Crippen MR) is 45.0 cm³/mol. The minimum Gasteiger partial charge on any atom is -0.348 e. The van der Waals surface area contributed by atoms with Gasteiger partial charge in [-0.1, -0.05) is 13.8 Å². The average molecular weight is 156 g/mol. The molecule has 1 fully saturated rings. The van der Waals surface area contributed by atoms with Gasteiger partial charge in [-0.15, -0.1) is 0 Å². The molecule has 0 saturated carbocycles. The van der Waals surface area contributed by atoms with E-state index < -0.39 is 0 Å². The standard InChI is InChI=1S/C7H12N2S/c1-7(2)3-6-8-10-5-9(6)4-7/h3-5H2,1-2H3. The first-order valence-electron chi connectivity index (χ1n) is 3.61. The summed E-state index contributed by atoms with van der Waals surface area (Å²) in [4.78, 5) is 2.38. The van der Waals surface area contributed by atoms with Crippen LogP contribution in [0.15, 0.2) is 4.40 Å². The van der Waals surface area contributed by atoms with Crippen LogP contribution in [0.2, 0.25) is 0 Å². The van der Waals surface area contributed by atoms with Gasteiger partial charge in [-0.25, -0.2) is 4.40 Å². The maximum atomic E-state index is 4.35.